The van der Waals surface area contributed by atoms with Gasteiger partial charge in [-0.25, -0.2) is 23.0 Å². The van der Waals surface area contributed by atoms with Crippen LogP contribution in [0.4, 0.5) is 20.3 Å². The maximum absolute atomic E-state index is 14.3. The Labute approximate surface area is 265 Å². The number of carbonyl (C=O) groups excluding carboxylic acids is 1. The molecule has 0 spiro atoms. The van der Waals surface area contributed by atoms with Gasteiger partial charge < -0.3 is 25.2 Å². The lowest BCUT2D eigenvalue weighted by molar-refractivity contribution is 0.0764. The van der Waals surface area contributed by atoms with Crippen LogP contribution in [0.15, 0.2) is 77.8 Å². The minimum Gasteiger partial charge on any atom is -0.496 e. The average Bonchev–Trinajstić information content (AvgIpc) is 3.49. The van der Waals surface area contributed by atoms with Crippen molar-refractivity contribution < 1.29 is 32.4 Å². The molecule has 2 atom stereocenters. The van der Waals surface area contributed by atoms with E-state index in [4.69, 9.17) is 15.2 Å². The fourth-order valence-electron chi connectivity index (χ4n) is 5.37. The largest absolute Gasteiger partial charge is 0.496 e. The topological polar surface area (TPSA) is 140 Å². The molecule has 1 amide bonds. The molecule has 0 radical (unpaired) electrons. The van der Waals surface area contributed by atoms with E-state index in [1.54, 1.807) is 41.4 Å². The quantitative estimate of drug-likeness (QED) is 0.210. The number of nitrogens with zero attached hydrogens (tertiary/aromatic N) is 3. The zero-order valence-electron chi connectivity index (χ0n) is 24.8. The molecule has 46 heavy (non-hydrogen) atoms. The predicted octanol–water partition coefficient (Wildman–Crippen LogP) is 5.18. The number of ether oxygens (including phenoxy) is 2. The van der Waals surface area contributed by atoms with E-state index < -0.39 is 28.7 Å². The number of aliphatic hydroxyl groups is 1. The molecule has 2 aromatic heterocycles. The normalized spacial score (nSPS) is 15.2. The number of pyridine rings is 2. The van der Waals surface area contributed by atoms with Crippen LogP contribution < -0.4 is 19.9 Å². The second kappa shape index (κ2) is 12.7. The summed E-state index contributed by atoms with van der Waals surface area (Å²) in [5.41, 5.74) is 10.3. The summed E-state index contributed by atoms with van der Waals surface area (Å²) in [6.07, 6.45) is 1.60. The molecule has 5 aromatic rings. The molecule has 6 rings (SSSR count). The number of nitrogen functional groups attached to an aromatic ring is 1. The number of aromatic nitrogens is 2. The Bertz CT molecular complexity index is 2010. The van der Waals surface area contributed by atoms with E-state index >= 15 is 0 Å². The van der Waals surface area contributed by atoms with Crippen LogP contribution in [0.5, 0.6) is 11.6 Å². The first-order valence-electron chi connectivity index (χ1n) is 14.2. The van der Waals surface area contributed by atoms with Gasteiger partial charge in [-0.15, -0.1) is 0 Å². The number of halogens is 2. The Kier molecular flexibility index (Phi) is 8.52. The first kappa shape index (κ1) is 30.9. The summed E-state index contributed by atoms with van der Waals surface area (Å²) in [6, 6.07) is 17.0. The zero-order chi connectivity index (χ0) is 32.5. The summed E-state index contributed by atoms with van der Waals surface area (Å²) in [7, 11) is 0.835. The molecule has 1 saturated heterocycles. The zero-order valence-corrected chi connectivity index (χ0v) is 25.6. The second-order valence-corrected chi connectivity index (χ2v) is 11.8. The van der Waals surface area contributed by atoms with Crippen molar-refractivity contribution in [3.05, 3.63) is 90.1 Å². The van der Waals surface area contributed by atoms with Gasteiger partial charge in [0.05, 0.1) is 30.7 Å². The molecule has 1 aliphatic rings. The smallest absolute Gasteiger partial charge is 0.254 e. The number of amides is 1. The molecule has 1 aliphatic heterocycles. The van der Waals surface area contributed by atoms with Gasteiger partial charge in [-0.1, -0.05) is 6.07 Å². The van der Waals surface area contributed by atoms with Crippen LogP contribution >= 0.6 is 0 Å². The van der Waals surface area contributed by atoms with Crippen LogP contribution in [-0.4, -0.2) is 63.5 Å². The van der Waals surface area contributed by atoms with Crippen LogP contribution in [0.3, 0.4) is 0 Å². The third kappa shape index (κ3) is 6.06. The van der Waals surface area contributed by atoms with Gasteiger partial charge in [-0.2, -0.15) is 0 Å². The van der Waals surface area contributed by atoms with Crippen molar-refractivity contribution in [3.63, 3.8) is 0 Å². The molecule has 1 fully saturated rings. The number of rotatable bonds is 8. The van der Waals surface area contributed by atoms with Crippen molar-refractivity contribution in [2.24, 2.45) is 0 Å². The number of likely N-dealkylation sites (tertiary alicyclic amines) is 1. The number of nitrogens with one attached hydrogen (secondary N) is 1. The summed E-state index contributed by atoms with van der Waals surface area (Å²) < 4.78 is 54.2. The third-order valence-corrected chi connectivity index (χ3v) is 8.84. The number of nitrogens with two attached hydrogens (primary N) is 1. The van der Waals surface area contributed by atoms with Crippen molar-refractivity contribution in [2.45, 2.75) is 17.4 Å². The number of methoxy groups -OCH3 is 2. The minimum absolute atomic E-state index is 0.132. The Morgan fingerprint density at radius 1 is 1.02 bits per heavy atom. The molecular weight excluding hydrogens is 616 g/mol. The molecule has 0 saturated carbocycles. The maximum Gasteiger partial charge on any atom is 0.254 e. The van der Waals surface area contributed by atoms with Crippen LogP contribution in [0, 0.1) is 11.6 Å². The molecule has 3 aromatic carbocycles. The van der Waals surface area contributed by atoms with Crippen molar-refractivity contribution in [1.82, 2.24) is 14.9 Å². The van der Waals surface area contributed by atoms with Gasteiger partial charge >= 0.3 is 0 Å². The highest BCUT2D eigenvalue weighted by Crippen LogP contribution is 2.37. The van der Waals surface area contributed by atoms with Gasteiger partial charge in [0.2, 0.25) is 5.88 Å². The maximum atomic E-state index is 14.3. The summed E-state index contributed by atoms with van der Waals surface area (Å²) in [6.45, 7) is 0.776. The number of benzene rings is 3. The van der Waals surface area contributed by atoms with E-state index in [1.165, 1.54) is 14.2 Å². The number of aliphatic hydroxyl groups excluding tert-OH is 1. The van der Waals surface area contributed by atoms with E-state index in [0.717, 1.165) is 23.1 Å². The molecule has 0 bridgehead atoms. The summed E-state index contributed by atoms with van der Waals surface area (Å²) >= 11 is 0. The van der Waals surface area contributed by atoms with E-state index in [-0.39, 0.29) is 28.2 Å². The number of hydrogen-bond donors (Lipinski definition) is 3. The van der Waals surface area contributed by atoms with Crippen molar-refractivity contribution in [1.29, 1.82) is 0 Å². The molecule has 0 aliphatic carbocycles. The van der Waals surface area contributed by atoms with E-state index in [2.05, 4.69) is 14.7 Å². The highest BCUT2D eigenvalue weighted by Gasteiger charge is 2.26. The lowest BCUT2D eigenvalue weighted by atomic mass is 9.99. The highest BCUT2D eigenvalue weighted by atomic mass is 32.2. The van der Waals surface area contributed by atoms with Gasteiger partial charge in [0, 0.05) is 53.0 Å². The number of carbonyl (C=O) groups is 1. The van der Waals surface area contributed by atoms with Crippen molar-refractivity contribution >= 4 is 39.3 Å². The third-order valence-electron chi connectivity index (χ3n) is 7.71. The van der Waals surface area contributed by atoms with Gasteiger partial charge in [-0.05, 0) is 66.6 Å². The monoisotopic (exact) mass is 645 g/mol. The van der Waals surface area contributed by atoms with Crippen LogP contribution in [0.1, 0.15) is 16.8 Å². The van der Waals surface area contributed by atoms with Gasteiger partial charge in [0.1, 0.15) is 28.9 Å². The lowest BCUT2D eigenvalue weighted by Gasteiger charge is -2.17. The first-order valence-corrected chi connectivity index (χ1v) is 15.3. The van der Waals surface area contributed by atoms with Crippen LogP contribution in [0.25, 0.3) is 33.2 Å². The summed E-state index contributed by atoms with van der Waals surface area (Å²) in [5.74, 6) is -1.07. The number of fused-ring (bicyclic) bond motifs is 1. The van der Waals surface area contributed by atoms with E-state index in [1.807, 2.05) is 18.2 Å². The molecule has 10 nitrogen and oxygen atoms in total. The van der Waals surface area contributed by atoms with Gasteiger partial charge in [-0.3, -0.25) is 9.52 Å². The Morgan fingerprint density at radius 3 is 2.57 bits per heavy atom. The van der Waals surface area contributed by atoms with Crippen molar-refractivity contribution in [3.8, 4) is 33.9 Å². The van der Waals surface area contributed by atoms with Gasteiger partial charge in [0.15, 0.2) is 11.0 Å². The molecule has 2 unspecified atom stereocenters. The first-order chi connectivity index (χ1) is 22.1. The number of hydrogen-bond acceptors (Lipinski definition) is 8. The van der Waals surface area contributed by atoms with Crippen LogP contribution in [0.2, 0.25) is 0 Å². The Hall–Kier alpha value is -5.14. The minimum atomic E-state index is -2.07. The molecule has 13 heteroatoms. The average molecular weight is 646 g/mol. The molecule has 4 N–H and O–H groups in total. The number of β-amino-alcohol motifs (C(OH)–C–C–N with tert-alkyl or cyclic N) is 1. The van der Waals surface area contributed by atoms with E-state index in [9.17, 15) is 22.9 Å². The Balaban J connectivity index is 1.33. The second-order valence-electron chi connectivity index (χ2n) is 10.7. The standard InChI is InChI=1S/C33H29F2N5O5S/c1-44-29-14-19(33(42)40-10-9-23(41)17-40)3-6-24(29)25-12-20-11-18(4-7-27(20)38-31(25)36)21-13-28(32(45-2)37-16-21)39-46(43)30-8-5-22(34)15-26(30)35/h3-8,11-16,23,39,41H,9-10,17H2,1-2H3,(H2,36,38). The predicted molar refractivity (Wildman–Crippen MR) is 171 cm³/mol. The summed E-state index contributed by atoms with van der Waals surface area (Å²) in [4.78, 5) is 23.3. The molecule has 3 heterocycles. The van der Waals surface area contributed by atoms with Crippen molar-refractivity contribution in [2.75, 3.05) is 37.8 Å². The fraction of sp³-hybridized carbons (Fsp3) is 0.182. The molecule has 236 valence electrons. The van der Waals surface area contributed by atoms with Crippen LogP contribution in [-0.2, 0) is 11.0 Å². The van der Waals surface area contributed by atoms with Gasteiger partial charge in [0.25, 0.3) is 5.91 Å². The SMILES string of the molecule is COc1cc(C(=O)N2CCC(O)C2)ccc1-c1cc2cc(-c3cnc(OC)c(NS(=O)c4ccc(F)cc4F)c3)ccc2nc1N. The molecular formula is C33H29F2N5O5S. The number of anilines is 2. The Morgan fingerprint density at radius 2 is 1.85 bits per heavy atom. The fourth-order valence-corrected chi connectivity index (χ4v) is 6.25. The van der Waals surface area contributed by atoms with E-state index in [0.29, 0.717) is 59.1 Å². The highest BCUT2D eigenvalue weighted by molar-refractivity contribution is 7.86. The lowest BCUT2D eigenvalue weighted by Crippen LogP contribution is -2.29. The summed E-state index contributed by atoms with van der Waals surface area (Å²) in [5, 5.41) is 10.6.